The number of halogens is 2. The molecule has 2 rings (SSSR count). The Morgan fingerprint density at radius 1 is 1.00 bits per heavy atom. The Morgan fingerprint density at radius 2 is 1.80 bits per heavy atom. The zero-order valence-corrected chi connectivity index (χ0v) is 12.9. The van der Waals surface area contributed by atoms with E-state index < -0.39 is 0 Å². The highest BCUT2D eigenvalue weighted by Gasteiger charge is 2.00. The summed E-state index contributed by atoms with van der Waals surface area (Å²) >= 11 is 12.1. The topological polar surface area (TPSA) is 24.1 Å². The van der Waals surface area contributed by atoms with Crippen LogP contribution in [0.2, 0.25) is 10.0 Å². The lowest BCUT2D eigenvalue weighted by Gasteiger charge is -2.11. The van der Waals surface area contributed by atoms with E-state index >= 15 is 0 Å². The molecule has 2 aromatic rings. The minimum atomic E-state index is 0.752. The van der Waals surface area contributed by atoms with Crippen LogP contribution in [0.15, 0.2) is 42.5 Å². The van der Waals surface area contributed by atoms with Gasteiger partial charge in [-0.2, -0.15) is 0 Å². The van der Waals surface area contributed by atoms with Gasteiger partial charge in [0, 0.05) is 35.4 Å². The molecule has 2 N–H and O–H groups in total. The van der Waals surface area contributed by atoms with Crippen molar-refractivity contribution in [3.05, 3.63) is 63.6 Å². The summed E-state index contributed by atoms with van der Waals surface area (Å²) in [4.78, 5) is 0. The van der Waals surface area contributed by atoms with Gasteiger partial charge < -0.3 is 10.6 Å². The molecule has 0 aliphatic heterocycles. The molecule has 0 aromatic heterocycles. The standard InChI is InChI=1S/C16H18Cl2N2/c1-12-6-7-14(17)10-16(12)20-9-8-19-11-13-4-2-3-5-15(13)18/h2-7,10,19-20H,8-9,11H2,1H3. The van der Waals surface area contributed by atoms with E-state index in [-0.39, 0.29) is 0 Å². The van der Waals surface area contributed by atoms with Crippen LogP contribution >= 0.6 is 23.2 Å². The zero-order valence-electron chi connectivity index (χ0n) is 11.4. The summed E-state index contributed by atoms with van der Waals surface area (Å²) in [5.41, 5.74) is 3.39. The maximum Gasteiger partial charge on any atom is 0.0450 e. The molecule has 0 fully saturated rings. The maximum atomic E-state index is 6.10. The Hall–Kier alpha value is -1.22. The van der Waals surface area contributed by atoms with Gasteiger partial charge in [-0.15, -0.1) is 0 Å². The SMILES string of the molecule is Cc1ccc(Cl)cc1NCCNCc1ccccc1Cl. The first-order chi connectivity index (χ1) is 9.66. The summed E-state index contributed by atoms with van der Waals surface area (Å²) in [6.07, 6.45) is 0. The molecule has 0 amide bonds. The van der Waals surface area contributed by atoms with Crippen LogP contribution in [0.1, 0.15) is 11.1 Å². The van der Waals surface area contributed by atoms with Gasteiger partial charge in [-0.05, 0) is 36.2 Å². The highest BCUT2D eigenvalue weighted by atomic mass is 35.5. The van der Waals surface area contributed by atoms with Gasteiger partial charge in [0.2, 0.25) is 0 Å². The number of hydrogen-bond acceptors (Lipinski definition) is 2. The molecule has 2 nitrogen and oxygen atoms in total. The van der Waals surface area contributed by atoms with Crippen LogP contribution in [-0.2, 0) is 6.54 Å². The van der Waals surface area contributed by atoms with Gasteiger partial charge in [0.05, 0.1) is 0 Å². The highest BCUT2D eigenvalue weighted by Crippen LogP contribution is 2.19. The third kappa shape index (κ3) is 4.41. The average molecular weight is 309 g/mol. The molecule has 0 atom stereocenters. The van der Waals surface area contributed by atoms with Crippen molar-refractivity contribution in [2.24, 2.45) is 0 Å². The van der Waals surface area contributed by atoms with Crippen LogP contribution < -0.4 is 10.6 Å². The van der Waals surface area contributed by atoms with Crippen LogP contribution in [-0.4, -0.2) is 13.1 Å². The molecule has 2 aromatic carbocycles. The van der Waals surface area contributed by atoms with E-state index in [9.17, 15) is 0 Å². The van der Waals surface area contributed by atoms with Crippen LogP contribution in [0.25, 0.3) is 0 Å². The van der Waals surface area contributed by atoms with Gasteiger partial charge in [0.15, 0.2) is 0 Å². The van der Waals surface area contributed by atoms with Crippen molar-refractivity contribution in [3.63, 3.8) is 0 Å². The zero-order chi connectivity index (χ0) is 14.4. The predicted molar refractivity (Wildman–Crippen MR) is 87.8 cm³/mol. The van der Waals surface area contributed by atoms with Crippen molar-refractivity contribution in [2.45, 2.75) is 13.5 Å². The molecule has 0 saturated carbocycles. The fourth-order valence-electron chi connectivity index (χ4n) is 1.94. The van der Waals surface area contributed by atoms with E-state index in [1.807, 2.05) is 42.5 Å². The van der Waals surface area contributed by atoms with E-state index in [1.54, 1.807) is 0 Å². The minimum Gasteiger partial charge on any atom is -0.384 e. The van der Waals surface area contributed by atoms with Crippen molar-refractivity contribution >= 4 is 28.9 Å². The van der Waals surface area contributed by atoms with E-state index in [1.165, 1.54) is 5.56 Å². The molecule has 0 unspecified atom stereocenters. The number of hydrogen-bond donors (Lipinski definition) is 2. The second-order valence-corrected chi connectivity index (χ2v) is 5.50. The monoisotopic (exact) mass is 308 g/mol. The van der Waals surface area contributed by atoms with Crippen LogP contribution in [0.3, 0.4) is 0 Å². The smallest absolute Gasteiger partial charge is 0.0450 e. The molecular weight excluding hydrogens is 291 g/mol. The Kier molecular flexibility index (Phi) is 5.72. The lowest BCUT2D eigenvalue weighted by molar-refractivity contribution is 0.707. The third-order valence-corrected chi connectivity index (χ3v) is 3.69. The number of benzene rings is 2. The molecular formula is C16H18Cl2N2. The second-order valence-electron chi connectivity index (χ2n) is 4.65. The predicted octanol–water partition coefficient (Wildman–Crippen LogP) is 4.50. The highest BCUT2D eigenvalue weighted by molar-refractivity contribution is 6.31. The first-order valence-corrected chi connectivity index (χ1v) is 7.36. The van der Waals surface area contributed by atoms with Gasteiger partial charge in [-0.25, -0.2) is 0 Å². The first-order valence-electron chi connectivity index (χ1n) is 6.61. The molecule has 4 heteroatoms. The third-order valence-electron chi connectivity index (χ3n) is 3.09. The fourth-order valence-corrected chi connectivity index (χ4v) is 2.31. The summed E-state index contributed by atoms with van der Waals surface area (Å²) in [7, 11) is 0. The lowest BCUT2D eigenvalue weighted by atomic mass is 10.2. The maximum absolute atomic E-state index is 6.10. The Bertz CT molecular complexity index is 570. The van der Waals surface area contributed by atoms with Crippen LogP contribution in [0.5, 0.6) is 0 Å². The van der Waals surface area contributed by atoms with Crippen molar-refractivity contribution in [1.82, 2.24) is 5.32 Å². The molecule has 0 spiro atoms. The largest absolute Gasteiger partial charge is 0.384 e. The quantitative estimate of drug-likeness (QED) is 0.768. The molecule has 0 saturated heterocycles. The Balaban J connectivity index is 1.74. The van der Waals surface area contributed by atoms with Crippen molar-refractivity contribution in [3.8, 4) is 0 Å². The molecule has 20 heavy (non-hydrogen) atoms. The van der Waals surface area contributed by atoms with Crippen LogP contribution in [0, 0.1) is 6.92 Å². The Morgan fingerprint density at radius 3 is 2.60 bits per heavy atom. The molecule has 0 radical (unpaired) electrons. The summed E-state index contributed by atoms with van der Waals surface area (Å²) < 4.78 is 0. The summed E-state index contributed by atoms with van der Waals surface area (Å²) in [5.74, 6) is 0. The van der Waals surface area contributed by atoms with Gasteiger partial charge in [0.1, 0.15) is 0 Å². The van der Waals surface area contributed by atoms with Gasteiger partial charge >= 0.3 is 0 Å². The normalized spacial score (nSPS) is 10.6. The second kappa shape index (κ2) is 7.53. The number of aryl methyl sites for hydroxylation is 1. The fraction of sp³-hybridized carbons (Fsp3) is 0.250. The summed E-state index contributed by atoms with van der Waals surface area (Å²) in [6, 6.07) is 13.7. The van der Waals surface area contributed by atoms with Crippen molar-refractivity contribution < 1.29 is 0 Å². The van der Waals surface area contributed by atoms with Crippen molar-refractivity contribution in [1.29, 1.82) is 0 Å². The summed E-state index contributed by atoms with van der Waals surface area (Å²) in [6.45, 7) is 4.54. The average Bonchev–Trinajstić information content (AvgIpc) is 2.44. The number of anilines is 1. The summed E-state index contributed by atoms with van der Waals surface area (Å²) in [5, 5.41) is 8.30. The van der Waals surface area contributed by atoms with Gasteiger partial charge in [-0.3, -0.25) is 0 Å². The Labute approximate surface area is 130 Å². The van der Waals surface area contributed by atoms with E-state index in [0.717, 1.165) is 40.9 Å². The lowest BCUT2D eigenvalue weighted by Crippen LogP contribution is -2.22. The molecule has 0 heterocycles. The van der Waals surface area contributed by atoms with E-state index in [4.69, 9.17) is 23.2 Å². The molecule has 106 valence electrons. The van der Waals surface area contributed by atoms with E-state index in [0.29, 0.717) is 0 Å². The minimum absolute atomic E-state index is 0.752. The van der Waals surface area contributed by atoms with Crippen LogP contribution in [0.4, 0.5) is 5.69 Å². The number of rotatable bonds is 6. The molecule has 0 aliphatic rings. The van der Waals surface area contributed by atoms with Gasteiger partial charge in [-0.1, -0.05) is 47.5 Å². The van der Waals surface area contributed by atoms with Gasteiger partial charge in [0.25, 0.3) is 0 Å². The van der Waals surface area contributed by atoms with Crippen molar-refractivity contribution in [2.75, 3.05) is 18.4 Å². The number of nitrogens with one attached hydrogen (secondary N) is 2. The molecule has 0 aliphatic carbocycles. The first kappa shape index (κ1) is 15.2. The van der Waals surface area contributed by atoms with E-state index in [2.05, 4.69) is 17.6 Å². The molecule has 0 bridgehead atoms.